The van der Waals surface area contributed by atoms with E-state index >= 15 is 0 Å². The Labute approximate surface area is 194 Å². The molecular weight excluding hydrogens is 424 g/mol. The van der Waals surface area contributed by atoms with Crippen molar-refractivity contribution in [1.29, 1.82) is 0 Å². The van der Waals surface area contributed by atoms with Crippen molar-refractivity contribution >= 4 is 29.4 Å². The van der Waals surface area contributed by atoms with Crippen LogP contribution in [-0.2, 0) is 22.1 Å². The lowest BCUT2D eigenvalue weighted by Crippen LogP contribution is -2.43. The normalized spacial score (nSPS) is 16.7. The number of aromatic nitrogens is 2. The lowest BCUT2D eigenvalue weighted by atomic mass is 9.87. The monoisotopic (exact) mass is 458 g/mol. The second kappa shape index (κ2) is 9.57. The average Bonchev–Trinajstić information content (AvgIpc) is 3.00. The summed E-state index contributed by atoms with van der Waals surface area (Å²) in [5, 5.41) is 7.63. The summed E-state index contributed by atoms with van der Waals surface area (Å²) in [4.78, 5) is 27.5. The van der Waals surface area contributed by atoms with Gasteiger partial charge >= 0.3 is 0 Å². The highest BCUT2D eigenvalue weighted by molar-refractivity contribution is 8.00. The third kappa shape index (κ3) is 4.95. The second-order valence-corrected chi connectivity index (χ2v) is 10.7. The quantitative estimate of drug-likeness (QED) is 0.715. The lowest BCUT2D eigenvalue weighted by Gasteiger charge is -2.25. The largest absolute Gasteiger partial charge is 0.496 e. The number of ether oxygens (including phenoxy) is 1. The molecule has 2 aromatic rings. The van der Waals surface area contributed by atoms with Gasteiger partial charge in [0.15, 0.2) is 0 Å². The molecule has 0 saturated heterocycles. The summed E-state index contributed by atoms with van der Waals surface area (Å²) < 4.78 is 7.40. The molecule has 2 amide bonds. The number of thioether (sulfide) groups is 1. The highest BCUT2D eigenvalue weighted by Gasteiger charge is 2.39. The number of benzene rings is 1. The van der Waals surface area contributed by atoms with Crippen molar-refractivity contribution in [2.45, 2.75) is 45.3 Å². The minimum absolute atomic E-state index is 0.0269. The Kier molecular flexibility index (Phi) is 7.22. The fourth-order valence-corrected chi connectivity index (χ4v) is 5.11. The molecule has 1 aliphatic heterocycles. The maximum absolute atomic E-state index is 13.2. The summed E-state index contributed by atoms with van der Waals surface area (Å²) in [6.07, 6.45) is 0. The van der Waals surface area contributed by atoms with Crippen LogP contribution in [0.1, 0.15) is 56.7 Å². The minimum Gasteiger partial charge on any atom is -0.496 e. The van der Waals surface area contributed by atoms with Gasteiger partial charge < -0.3 is 10.1 Å². The number of aryl methyl sites for hydroxylation is 1. The number of para-hydroxylation sites is 1. The minimum atomic E-state index is -0.245. The molecule has 7 nitrogen and oxygen atoms in total. The van der Waals surface area contributed by atoms with Crippen LogP contribution >= 0.6 is 11.8 Å². The third-order valence-electron chi connectivity index (χ3n) is 5.39. The van der Waals surface area contributed by atoms with E-state index < -0.39 is 0 Å². The number of nitrogens with zero attached hydrogens (tertiary/aromatic N) is 3. The van der Waals surface area contributed by atoms with E-state index in [9.17, 15) is 9.59 Å². The predicted molar refractivity (Wildman–Crippen MR) is 129 cm³/mol. The number of nitrogens with one attached hydrogen (secondary N) is 1. The fourth-order valence-electron chi connectivity index (χ4n) is 3.89. The van der Waals surface area contributed by atoms with Crippen LogP contribution in [0.25, 0.3) is 0 Å². The van der Waals surface area contributed by atoms with Crippen LogP contribution in [0.3, 0.4) is 0 Å². The van der Waals surface area contributed by atoms with Crippen LogP contribution in [0.4, 0.5) is 5.82 Å². The number of carbonyl (C=O) groups excluding carboxylic acids is 2. The SMILES string of the molecule is COc1ccccc1[C@H]1SCC(=O)N(CC(=O)NCC(C)C)c2c1c(C(C)(C)C)nn2C. The van der Waals surface area contributed by atoms with E-state index in [0.717, 1.165) is 22.6 Å². The molecule has 0 spiro atoms. The molecule has 0 unspecified atom stereocenters. The molecule has 32 heavy (non-hydrogen) atoms. The van der Waals surface area contributed by atoms with Gasteiger partial charge in [-0.25, -0.2) is 0 Å². The van der Waals surface area contributed by atoms with Crippen LogP contribution in [0.5, 0.6) is 5.75 Å². The zero-order valence-electron chi connectivity index (χ0n) is 20.1. The third-order valence-corrected chi connectivity index (χ3v) is 6.62. The van der Waals surface area contributed by atoms with E-state index in [1.165, 1.54) is 0 Å². The molecule has 8 heteroatoms. The molecule has 1 aromatic carbocycles. The highest BCUT2D eigenvalue weighted by atomic mass is 32.2. The number of carbonyl (C=O) groups is 2. The molecule has 0 saturated carbocycles. The Bertz CT molecular complexity index is 994. The van der Waals surface area contributed by atoms with Crippen molar-refractivity contribution in [3.8, 4) is 5.75 Å². The number of amides is 2. The van der Waals surface area contributed by atoms with E-state index in [4.69, 9.17) is 9.84 Å². The van der Waals surface area contributed by atoms with Gasteiger partial charge in [0.25, 0.3) is 0 Å². The van der Waals surface area contributed by atoms with E-state index in [0.29, 0.717) is 18.3 Å². The molecule has 0 radical (unpaired) electrons. The number of hydrogen-bond acceptors (Lipinski definition) is 5. The number of methoxy groups -OCH3 is 1. The number of fused-ring (bicyclic) bond motifs is 1. The highest BCUT2D eigenvalue weighted by Crippen LogP contribution is 2.49. The molecule has 1 N–H and O–H groups in total. The first-order valence-corrected chi connectivity index (χ1v) is 12.0. The molecule has 1 aromatic heterocycles. The van der Waals surface area contributed by atoms with Crippen LogP contribution in [0, 0.1) is 5.92 Å². The molecule has 2 heterocycles. The van der Waals surface area contributed by atoms with Crippen LogP contribution in [0.15, 0.2) is 24.3 Å². The fraction of sp³-hybridized carbons (Fsp3) is 0.542. The maximum atomic E-state index is 13.2. The predicted octanol–water partition coefficient (Wildman–Crippen LogP) is 3.67. The van der Waals surface area contributed by atoms with Crippen LogP contribution in [0.2, 0.25) is 0 Å². The van der Waals surface area contributed by atoms with E-state index in [1.54, 1.807) is 28.5 Å². The summed E-state index contributed by atoms with van der Waals surface area (Å²) in [5.41, 5.74) is 2.64. The summed E-state index contributed by atoms with van der Waals surface area (Å²) in [6.45, 7) is 11.0. The number of rotatable bonds is 6. The van der Waals surface area contributed by atoms with Crippen molar-refractivity contribution < 1.29 is 14.3 Å². The Morgan fingerprint density at radius 3 is 2.62 bits per heavy atom. The molecule has 1 aliphatic rings. The number of anilines is 1. The first-order chi connectivity index (χ1) is 15.0. The van der Waals surface area contributed by atoms with Gasteiger partial charge in [-0.2, -0.15) is 5.10 Å². The second-order valence-electron chi connectivity index (χ2n) is 9.57. The Balaban J connectivity index is 2.15. The average molecular weight is 459 g/mol. The number of hydrogen-bond donors (Lipinski definition) is 1. The van der Waals surface area contributed by atoms with Gasteiger partial charge in [0.1, 0.15) is 18.1 Å². The maximum Gasteiger partial charge on any atom is 0.240 e. The topological polar surface area (TPSA) is 76.5 Å². The van der Waals surface area contributed by atoms with Crippen LogP contribution < -0.4 is 15.0 Å². The Morgan fingerprint density at radius 2 is 2.00 bits per heavy atom. The zero-order valence-corrected chi connectivity index (χ0v) is 20.9. The molecule has 174 valence electrons. The Hall–Kier alpha value is -2.48. The first kappa shape index (κ1) is 24.2. The standard InChI is InChI=1S/C24H34N4O3S/c1-15(2)12-25-18(29)13-28-19(30)14-32-21(16-10-8-9-11-17(16)31-7)20-22(24(3,4)5)26-27(6)23(20)28/h8-11,15,21H,12-14H2,1-7H3,(H,25,29)/t21-/m1/s1. The van der Waals surface area contributed by atoms with E-state index in [-0.39, 0.29) is 34.8 Å². The summed E-state index contributed by atoms with van der Waals surface area (Å²) in [5.74, 6) is 1.78. The van der Waals surface area contributed by atoms with Gasteiger partial charge in [0.2, 0.25) is 11.8 Å². The molecule has 0 fully saturated rings. The van der Waals surface area contributed by atoms with E-state index in [2.05, 4.69) is 26.1 Å². The van der Waals surface area contributed by atoms with Gasteiger partial charge in [-0.1, -0.05) is 52.8 Å². The summed E-state index contributed by atoms with van der Waals surface area (Å²) in [6, 6.07) is 7.89. The Morgan fingerprint density at radius 1 is 1.31 bits per heavy atom. The van der Waals surface area contributed by atoms with Crippen molar-refractivity contribution in [3.05, 3.63) is 41.1 Å². The molecule has 0 bridgehead atoms. The van der Waals surface area contributed by atoms with Crippen molar-refractivity contribution in [2.24, 2.45) is 13.0 Å². The van der Waals surface area contributed by atoms with Gasteiger partial charge in [-0.05, 0) is 12.0 Å². The van der Waals surface area contributed by atoms with Crippen molar-refractivity contribution in [1.82, 2.24) is 15.1 Å². The summed E-state index contributed by atoms with van der Waals surface area (Å²) in [7, 11) is 3.50. The molecule has 1 atom stereocenters. The molecular formula is C24H34N4O3S. The van der Waals surface area contributed by atoms with Gasteiger partial charge in [0.05, 0.1) is 23.8 Å². The lowest BCUT2D eigenvalue weighted by molar-refractivity contribution is -0.123. The zero-order chi connectivity index (χ0) is 23.6. The summed E-state index contributed by atoms with van der Waals surface area (Å²) >= 11 is 1.55. The van der Waals surface area contributed by atoms with Crippen LogP contribution in [-0.4, -0.2) is 47.5 Å². The van der Waals surface area contributed by atoms with Gasteiger partial charge in [-0.3, -0.25) is 19.2 Å². The molecule has 3 rings (SSSR count). The van der Waals surface area contributed by atoms with Crippen molar-refractivity contribution in [2.75, 3.05) is 30.9 Å². The van der Waals surface area contributed by atoms with E-state index in [1.807, 2.05) is 45.2 Å². The van der Waals surface area contributed by atoms with Gasteiger partial charge in [0, 0.05) is 30.1 Å². The molecule has 0 aliphatic carbocycles. The van der Waals surface area contributed by atoms with Crippen molar-refractivity contribution in [3.63, 3.8) is 0 Å². The van der Waals surface area contributed by atoms with Gasteiger partial charge in [-0.15, -0.1) is 11.8 Å². The smallest absolute Gasteiger partial charge is 0.240 e. The first-order valence-electron chi connectivity index (χ1n) is 10.9.